The Hall–Kier alpha value is -1.96. The lowest BCUT2D eigenvalue weighted by atomic mass is 9.94. The molecule has 0 bridgehead atoms. The van der Waals surface area contributed by atoms with Crippen LogP contribution in [0, 0.1) is 0 Å². The van der Waals surface area contributed by atoms with Crippen molar-refractivity contribution in [2.24, 2.45) is 0 Å². The SMILES string of the molecule is c1ccc(OCCN(c2ccccc2)C2CCCCC2)cc1. The Morgan fingerprint density at radius 3 is 2.14 bits per heavy atom. The van der Waals surface area contributed by atoms with E-state index in [4.69, 9.17) is 4.74 Å². The van der Waals surface area contributed by atoms with Crippen LogP contribution >= 0.6 is 0 Å². The quantitative estimate of drug-likeness (QED) is 0.751. The van der Waals surface area contributed by atoms with E-state index in [1.54, 1.807) is 0 Å². The Balaban J connectivity index is 1.63. The van der Waals surface area contributed by atoms with E-state index < -0.39 is 0 Å². The smallest absolute Gasteiger partial charge is 0.119 e. The van der Waals surface area contributed by atoms with Crippen molar-refractivity contribution in [2.75, 3.05) is 18.1 Å². The normalized spacial score (nSPS) is 15.5. The maximum absolute atomic E-state index is 5.91. The molecule has 0 radical (unpaired) electrons. The van der Waals surface area contributed by atoms with Crippen LogP contribution in [0.15, 0.2) is 60.7 Å². The van der Waals surface area contributed by atoms with Crippen LogP contribution < -0.4 is 9.64 Å². The molecule has 1 saturated carbocycles. The van der Waals surface area contributed by atoms with Crippen LogP contribution in [-0.2, 0) is 0 Å². The van der Waals surface area contributed by atoms with Gasteiger partial charge in [-0.15, -0.1) is 0 Å². The van der Waals surface area contributed by atoms with Crippen molar-refractivity contribution in [1.82, 2.24) is 0 Å². The molecule has 0 N–H and O–H groups in total. The fraction of sp³-hybridized carbons (Fsp3) is 0.400. The predicted octanol–water partition coefficient (Wildman–Crippen LogP) is 4.90. The van der Waals surface area contributed by atoms with Crippen molar-refractivity contribution in [3.05, 3.63) is 60.7 Å². The molecule has 116 valence electrons. The van der Waals surface area contributed by atoms with Crippen LogP contribution in [0.3, 0.4) is 0 Å². The minimum absolute atomic E-state index is 0.663. The van der Waals surface area contributed by atoms with Gasteiger partial charge >= 0.3 is 0 Å². The average molecular weight is 295 g/mol. The first-order valence-electron chi connectivity index (χ1n) is 8.43. The van der Waals surface area contributed by atoms with Gasteiger partial charge in [-0.1, -0.05) is 55.7 Å². The number of hydrogen-bond donors (Lipinski definition) is 0. The summed E-state index contributed by atoms with van der Waals surface area (Å²) >= 11 is 0. The van der Waals surface area contributed by atoms with Gasteiger partial charge in [0.05, 0.1) is 6.54 Å². The summed E-state index contributed by atoms with van der Waals surface area (Å²) in [4.78, 5) is 2.54. The van der Waals surface area contributed by atoms with Crippen molar-refractivity contribution in [3.8, 4) is 5.75 Å². The van der Waals surface area contributed by atoms with Crippen LogP contribution in [0.25, 0.3) is 0 Å². The molecule has 1 aliphatic rings. The number of nitrogens with zero attached hydrogens (tertiary/aromatic N) is 1. The van der Waals surface area contributed by atoms with Gasteiger partial charge in [-0.05, 0) is 37.1 Å². The molecule has 2 heteroatoms. The number of benzene rings is 2. The van der Waals surface area contributed by atoms with Gasteiger partial charge in [0.15, 0.2) is 0 Å². The van der Waals surface area contributed by atoms with Gasteiger partial charge in [0, 0.05) is 11.7 Å². The monoisotopic (exact) mass is 295 g/mol. The maximum Gasteiger partial charge on any atom is 0.119 e. The summed E-state index contributed by atoms with van der Waals surface area (Å²) in [6.07, 6.45) is 6.71. The topological polar surface area (TPSA) is 12.5 Å². The van der Waals surface area contributed by atoms with Gasteiger partial charge in [0.25, 0.3) is 0 Å². The van der Waals surface area contributed by atoms with Gasteiger partial charge in [-0.2, -0.15) is 0 Å². The van der Waals surface area contributed by atoms with Crippen molar-refractivity contribution < 1.29 is 4.74 Å². The van der Waals surface area contributed by atoms with Crippen molar-refractivity contribution in [1.29, 1.82) is 0 Å². The first-order valence-corrected chi connectivity index (χ1v) is 8.43. The molecule has 0 unspecified atom stereocenters. The molecule has 0 aromatic heterocycles. The highest BCUT2D eigenvalue weighted by molar-refractivity contribution is 5.47. The Kier molecular flexibility index (Phi) is 5.36. The molecule has 1 fully saturated rings. The van der Waals surface area contributed by atoms with Gasteiger partial charge in [0.1, 0.15) is 12.4 Å². The third-order valence-electron chi connectivity index (χ3n) is 4.45. The maximum atomic E-state index is 5.91. The molecule has 3 rings (SSSR count). The number of rotatable bonds is 6. The molecular weight excluding hydrogens is 270 g/mol. The molecule has 0 atom stereocenters. The second-order valence-electron chi connectivity index (χ2n) is 5.98. The zero-order valence-electron chi connectivity index (χ0n) is 13.2. The summed E-state index contributed by atoms with van der Waals surface area (Å²) in [5.74, 6) is 0.958. The first kappa shape index (κ1) is 15.0. The molecule has 22 heavy (non-hydrogen) atoms. The highest BCUT2D eigenvalue weighted by Crippen LogP contribution is 2.27. The molecule has 2 aromatic carbocycles. The van der Waals surface area contributed by atoms with Crippen molar-refractivity contribution >= 4 is 5.69 Å². The van der Waals surface area contributed by atoms with Gasteiger partial charge < -0.3 is 9.64 Å². The zero-order chi connectivity index (χ0) is 15.0. The first-order chi connectivity index (χ1) is 10.9. The van der Waals surface area contributed by atoms with E-state index >= 15 is 0 Å². The van der Waals surface area contributed by atoms with Crippen LogP contribution in [0.5, 0.6) is 5.75 Å². The van der Waals surface area contributed by atoms with Gasteiger partial charge in [-0.3, -0.25) is 0 Å². The van der Waals surface area contributed by atoms with E-state index in [0.717, 1.165) is 18.9 Å². The number of anilines is 1. The number of para-hydroxylation sites is 2. The molecule has 1 aliphatic carbocycles. The van der Waals surface area contributed by atoms with E-state index in [9.17, 15) is 0 Å². The largest absolute Gasteiger partial charge is 0.492 e. The van der Waals surface area contributed by atoms with E-state index in [1.807, 2.05) is 30.3 Å². The zero-order valence-corrected chi connectivity index (χ0v) is 13.2. The minimum Gasteiger partial charge on any atom is -0.492 e. The van der Waals surface area contributed by atoms with Crippen LogP contribution in [-0.4, -0.2) is 19.2 Å². The predicted molar refractivity (Wildman–Crippen MR) is 92.6 cm³/mol. The van der Waals surface area contributed by atoms with Crippen molar-refractivity contribution in [2.45, 2.75) is 38.1 Å². The highest BCUT2D eigenvalue weighted by atomic mass is 16.5. The van der Waals surface area contributed by atoms with Crippen LogP contribution in [0.1, 0.15) is 32.1 Å². The van der Waals surface area contributed by atoms with Gasteiger partial charge in [-0.25, -0.2) is 0 Å². The lowest BCUT2D eigenvalue weighted by Gasteiger charge is -2.36. The Labute approximate surface area is 133 Å². The standard InChI is InChI=1S/C20H25NO/c1-4-10-18(11-5-1)21(19-12-6-2-7-13-19)16-17-22-20-14-8-3-9-15-20/h1,3-5,8-11,14-15,19H,2,6-7,12-13,16-17H2. The van der Waals surface area contributed by atoms with Crippen LogP contribution in [0.2, 0.25) is 0 Å². The lowest BCUT2D eigenvalue weighted by molar-refractivity contribution is 0.309. The van der Waals surface area contributed by atoms with Gasteiger partial charge in [0.2, 0.25) is 0 Å². The summed E-state index contributed by atoms with van der Waals surface area (Å²) in [6, 6.07) is 21.5. The van der Waals surface area contributed by atoms with Crippen LogP contribution in [0.4, 0.5) is 5.69 Å². The average Bonchev–Trinajstić information content (AvgIpc) is 2.61. The summed E-state index contributed by atoms with van der Waals surface area (Å²) in [5, 5.41) is 0. The Bertz CT molecular complexity index is 534. The fourth-order valence-electron chi connectivity index (χ4n) is 3.31. The molecule has 2 nitrogen and oxygen atoms in total. The second-order valence-corrected chi connectivity index (χ2v) is 5.98. The summed E-state index contributed by atoms with van der Waals surface area (Å²) < 4.78 is 5.91. The Morgan fingerprint density at radius 1 is 0.818 bits per heavy atom. The molecular formula is C20H25NO. The molecule has 0 saturated heterocycles. The lowest BCUT2D eigenvalue weighted by Crippen LogP contribution is -2.39. The summed E-state index contributed by atoms with van der Waals surface area (Å²) in [7, 11) is 0. The number of hydrogen-bond acceptors (Lipinski definition) is 2. The van der Waals surface area contributed by atoms with E-state index in [2.05, 4.69) is 35.2 Å². The summed E-state index contributed by atoms with van der Waals surface area (Å²) in [5.41, 5.74) is 1.33. The molecule has 2 aromatic rings. The van der Waals surface area contributed by atoms with E-state index in [-0.39, 0.29) is 0 Å². The second kappa shape index (κ2) is 7.88. The molecule has 0 heterocycles. The number of ether oxygens (including phenoxy) is 1. The Morgan fingerprint density at radius 2 is 1.45 bits per heavy atom. The van der Waals surface area contributed by atoms with E-state index in [1.165, 1.54) is 37.8 Å². The molecule has 0 aliphatic heterocycles. The third kappa shape index (κ3) is 4.03. The fourth-order valence-corrected chi connectivity index (χ4v) is 3.31. The molecule has 0 spiro atoms. The van der Waals surface area contributed by atoms with Crippen molar-refractivity contribution in [3.63, 3.8) is 0 Å². The highest BCUT2D eigenvalue weighted by Gasteiger charge is 2.21. The third-order valence-corrected chi connectivity index (χ3v) is 4.45. The summed E-state index contributed by atoms with van der Waals surface area (Å²) in [6.45, 7) is 1.68. The van der Waals surface area contributed by atoms with E-state index in [0.29, 0.717) is 6.04 Å². The molecule has 0 amide bonds. The minimum atomic E-state index is 0.663.